The van der Waals surface area contributed by atoms with Gasteiger partial charge in [-0.05, 0) is 30.7 Å². The van der Waals surface area contributed by atoms with Crippen LogP contribution in [0.3, 0.4) is 0 Å². The fraction of sp³-hybridized carbons (Fsp3) is 0.200. The monoisotopic (exact) mass is 371 g/mol. The minimum absolute atomic E-state index is 0.00979. The van der Waals surface area contributed by atoms with Crippen LogP contribution in [-0.2, 0) is 16.1 Å². The second kappa shape index (κ2) is 7.90. The lowest BCUT2D eigenvalue weighted by Gasteiger charge is -2.07. The van der Waals surface area contributed by atoms with Crippen LogP contribution in [-0.4, -0.2) is 25.6 Å². The van der Waals surface area contributed by atoms with Crippen LogP contribution in [0.5, 0.6) is 5.75 Å². The van der Waals surface area contributed by atoms with E-state index in [0.29, 0.717) is 16.7 Å². The second-order valence-electron chi connectivity index (χ2n) is 5.88. The number of ether oxygens (including phenoxy) is 2. The van der Waals surface area contributed by atoms with Crippen molar-refractivity contribution in [1.29, 1.82) is 0 Å². The van der Waals surface area contributed by atoms with E-state index in [-0.39, 0.29) is 17.9 Å². The van der Waals surface area contributed by atoms with Gasteiger partial charge in [-0.3, -0.25) is 4.79 Å². The number of para-hydroxylation sites is 1. The molecule has 7 heteroatoms. The lowest BCUT2D eigenvalue weighted by atomic mass is 10.1. The molecule has 0 aliphatic carbocycles. The normalized spacial score (nSPS) is 10.6. The van der Waals surface area contributed by atoms with Crippen LogP contribution in [0.2, 0.25) is 0 Å². The maximum Gasteiger partial charge on any atom is 0.375 e. The van der Waals surface area contributed by atoms with Gasteiger partial charge >= 0.3 is 5.97 Å². The van der Waals surface area contributed by atoms with E-state index in [1.165, 1.54) is 12.1 Å². The molecule has 1 N–H and O–H groups in total. The summed E-state index contributed by atoms with van der Waals surface area (Å²) in [6, 6.07) is 11.7. The van der Waals surface area contributed by atoms with E-state index in [1.54, 1.807) is 32.2 Å². The standard InChI is InChI=1S/C20H18FNO5/c1-12-15-7-4-8-16(21)19(15)27-18(12)20(24)26-11-17(23)22-10-13-5-3-6-14(9-13)25-2/h3-9H,10-11H2,1-2H3,(H,22,23). The van der Waals surface area contributed by atoms with Crippen LogP contribution < -0.4 is 10.1 Å². The van der Waals surface area contributed by atoms with E-state index >= 15 is 0 Å². The van der Waals surface area contributed by atoms with Crippen molar-refractivity contribution in [3.05, 3.63) is 65.2 Å². The molecule has 1 heterocycles. The number of halogens is 1. The smallest absolute Gasteiger partial charge is 0.375 e. The molecule has 0 atom stereocenters. The van der Waals surface area contributed by atoms with E-state index in [9.17, 15) is 14.0 Å². The molecule has 2 aromatic carbocycles. The number of carbonyl (C=O) groups is 2. The molecule has 0 radical (unpaired) electrons. The lowest BCUT2D eigenvalue weighted by molar-refractivity contribution is -0.124. The first-order chi connectivity index (χ1) is 13.0. The Morgan fingerprint density at radius 3 is 2.70 bits per heavy atom. The van der Waals surface area contributed by atoms with Gasteiger partial charge in [-0.2, -0.15) is 0 Å². The van der Waals surface area contributed by atoms with E-state index in [0.717, 1.165) is 5.56 Å². The fourth-order valence-electron chi connectivity index (χ4n) is 2.63. The van der Waals surface area contributed by atoms with Gasteiger partial charge in [0.1, 0.15) is 5.75 Å². The number of carbonyl (C=O) groups excluding carboxylic acids is 2. The molecule has 3 aromatic rings. The molecule has 27 heavy (non-hydrogen) atoms. The van der Waals surface area contributed by atoms with Crippen molar-refractivity contribution in [3.8, 4) is 5.75 Å². The van der Waals surface area contributed by atoms with Gasteiger partial charge in [-0.15, -0.1) is 0 Å². The van der Waals surface area contributed by atoms with Crippen molar-refractivity contribution in [2.24, 2.45) is 0 Å². The first-order valence-corrected chi connectivity index (χ1v) is 8.24. The SMILES string of the molecule is COc1cccc(CNC(=O)COC(=O)c2oc3c(F)cccc3c2C)c1. The molecule has 0 bridgehead atoms. The molecule has 0 fully saturated rings. The quantitative estimate of drug-likeness (QED) is 0.672. The van der Waals surface area contributed by atoms with Gasteiger partial charge in [0.15, 0.2) is 18.0 Å². The number of fused-ring (bicyclic) bond motifs is 1. The second-order valence-corrected chi connectivity index (χ2v) is 5.88. The summed E-state index contributed by atoms with van der Waals surface area (Å²) in [4.78, 5) is 24.1. The Labute approximate surface area is 154 Å². The topological polar surface area (TPSA) is 77.8 Å². The molecule has 0 saturated heterocycles. The summed E-state index contributed by atoms with van der Waals surface area (Å²) in [5, 5.41) is 3.14. The van der Waals surface area contributed by atoms with Gasteiger partial charge in [0.2, 0.25) is 5.76 Å². The average molecular weight is 371 g/mol. The maximum atomic E-state index is 13.8. The Bertz CT molecular complexity index is 995. The van der Waals surface area contributed by atoms with Crippen LogP contribution in [0.25, 0.3) is 11.0 Å². The van der Waals surface area contributed by atoms with Crippen molar-refractivity contribution in [2.75, 3.05) is 13.7 Å². The van der Waals surface area contributed by atoms with Gasteiger partial charge in [-0.25, -0.2) is 9.18 Å². The van der Waals surface area contributed by atoms with Crippen LogP contribution in [0, 0.1) is 12.7 Å². The highest BCUT2D eigenvalue weighted by Gasteiger charge is 2.21. The average Bonchev–Trinajstić information content (AvgIpc) is 3.03. The summed E-state index contributed by atoms with van der Waals surface area (Å²) in [5.41, 5.74) is 1.30. The molecule has 1 aromatic heterocycles. The summed E-state index contributed by atoms with van der Waals surface area (Å²) in [7, 11) is 1.56. The summed E-state index contributed by atoms with van der Waals surface area (Å²) in [5.74, 6) is -1.28. The third-order valence-electron chi connectivity index (χ3n) is 4.06. The minimum Gasteiger partial charge on any atom is -0.497 e. The molecule has 0 aliphatic rings. The van der Waals surface area contributed by atoms with Crippen molar-refractivity contribution in [3.63, 3.8) is 0 Å². The van der Waals surface area contributed by atoms with E-state index in [1.807, 2.05) is 12.1 Å². The Hall–Kier alpha value is -3.35. The number of hydrogen-bond donors (Lipinski definition) is 1. The van der Waals surface area contributed by atoms with Crippen molar-refractivity contribution >= 4 is 22.8 Å². The van der Waals surface area contributed by atoms with E-state index in [2.05, 4.69) is 5.32 Å². The van der Waals surface area contributed by atoms with Gasteiger partial charge in [0.05, 0.1) is 7.11 Å². The first kappa shape index (κ1) is 18.4. The van der Waals surface area contributed by atoms with Crippen LogP contribution in [0.4, 0.5) is 4.39 Å². The van der Waals surface area contributed by atoms with Crippen molar-refractivity contribution < 1.29 is 27.9 Å². The molecule has 6 nitrogen and oxygen atoms in total. The van der Waals surface area contributed by atoms with Crippen molar-refractivity contribution in [1.82, 2.24) is 5.32 Å². The Balaban J connectivity index is 1.58. The molecule has 140 valence electrons. The molecular formula is C20H18FNO5. The number of nitrogens with one attached hydrogen (secondary N) is 1. The molecule has 0 aliphatic heterocycles. The van der Waals surface area contributed by atoms with Crippen LogP contribution in [0.15, 0.2) is 46.9 Å². The number of hydrogen-bond acceptors (Lipinski definition) is 5. The van der Waals surface area contributed by atoms with Crippen molar-refractivity contribution in [2.45, 2.75) is 13.5 Å². The highest BCUT2D eigenvalue weighted by Crippen LogP contribution is 2.27. The Kier molecular flexibility index (Phi) is 5.40. The van der Waals surface area contributed by atoms with E-state index in [4.69, 9.17) is 13.9 Å². The van der Waals surface area contributed by atoms with Gasteiger partial charge in [0.25, 0.3) is 5.91 Å². The third kappa shape index (κ3) is 4.08. The van der Waals surface area contributed by atoms with Crippen LogP contribution in [0.1, 0.15) is 21.7 Å². The number of methoxy groups -OCH3 is 1. The maximum absolute atomic E-state index is 13.8. The Morgan fingerprint density at radius 2 is 1.96 bits per heavy atom. The highest BCUT2D eigenvalue weighted by molar-refractivity contribution is 5.96. The summed E-state index contributed by atoms with van der Waals surface area (Å²) in [6.07, 6.45) is 0. The molecule has 3 rings (SSSR count). The highest BCUT2D eigenvalue weighted by atomic mass is 19.1. The predicted octanol–water partition coefficient (Wildman–Crippen LogP) is 3.36. The number of amides is 1. The summed E-state index contributed by atoms with van der Waals surface area (Å²) < 4.78 is 29.1. The largest absolute Gasteiger partial charge is 0.497 e. The fourth-order valence-corrected chi connectivity index (χ4v) is 2.63. The van der Waals surface area contributed by atoms with E-state index < -0.39 is 24.3 Å². The van der Waals surface area contributed by atoms with Gasteiger partial charge < -0.3 is 19.2 Å². The Morgan fingerprint density at radius 1 is 1.19 bits per heavy atom. The number of benzene rings is 2. The van der Waals surface area contributed by atoms with Crippen LogP contribution >= 0.6 is 0 Å². The molecule has 0 spiro atoms. The molecule has 0 saturated carbocycles. The number of rotatable bonds is 6. The number of furan rings is 1. The number of aryl methyl sites for hydroxylation is 1. The predicted molar refractivity (Wildman–Crippen MR) is 96.0 cm³/mol. The minimum atomic E-state index is -0.820. The van der Waals surface area contributed by atoms with Gasteiger partial charge in [0, 0.05) is 17.5 Å². The van der Waals surface area contributed by atoms with Gasteiger partial charge in [-0.1, -0.05) is 24.3 Å². The zero-order valence-electron chi connectivity index (χ0n) is 14.9. The first-order valence-electron chi connectivity index (χ1n) is 8.24. The molecule has 1 amide bonds. The lowest BCUT2D eigenvalue weighted by Crippen LogP contribution is -2.28. The summed E-state index contributed by atoms with van der Waals surface area (Å²) >= 11 is 0. The zero-order chi connectivity index (χ0) is 19.4. The number of esters is 1. The summed E-state index contributed by atoms with van der Waals surface area (Å²) in [6.45, 7) is 1.43. The molecule has 0 unspecified atom stereocenters. The zero-order valence-corrected chi connectivity index (χ0v) is 14.9. The third-order valence-corrected chi connectivity index (χ3v) is 4.06. The molecular weight excluding hydrogens is 353 g/mol.